The van der Waals surface area contributed by atoms with E-state index in [0.29, 0.717) is 30.9 Å². The Balaban J connectivity index is 2.29. The Bertz CT molecular complexity index is 501. The summed E-state index contributed by atoms with van der Waals surface area (Å²) in [6.07, 6.45) is 0.652. The molecular formula is C12H15N3O3. The van der Waals surface area contributed by atoms with E-state index in [9.17, 15) is 9.59 Å². The van der Waals surface area contributed by atoms with Crippen molar-refractivity contribution in [3.05, 3.63) is 23.8 Å². The van der Waals surface area contributed by atoms with Crippen molar-refractivity contribution in [3.63, 3.8) is 0 Å². The lowest BCUT2D eigenvalue weighted by atomic mass is 10.1. The average molecular weight is 249 g/mol. The molecule has 6 heteroatoms. The molecule has 0 bridgehead atoms. The molecule has 0 radical (unpaired) electrons. The maximum Gasteiger partial charge on any atom is 0.337 e. The summed E-state index contributed by atoms with van der Waals surface area (Å²) < 4.78 is 0. The second-order valence-corrected chi connectivity index (χ2v) is 4.42. The van der Waals surface area contributed by atoms with Gasteiger partial charge in [0.2, 0.25) is 5.91 Å². The summed E-state index contributed by atoms with van der Waals surface area (Å²) in [4.78, 5) is 24.1. The standard InChI is InChI=1S/C12H15N3O3/c13-8-1-2-10(9(5-8)12(17)18)15-4-3-7(6-15)11(14)16/h1-2,5,7H,3-4,6,13H2,(H2,14,16)(H,17,18). The van der Waals surface area contributed by atoms with E-state index >= 15 is 0 Å². The Morgan fingerprint density at radius 3 is 2.67 bits per heavy atom. The SMILES string of the molecule is NC(=O)C1CCN(c2ccc(N)cc2C(=O)O)C1. The number of carbonyl (C=O) groups is 2. The highest BCUT2D eigenvalue weighted by Gasteiger charge is 2.28. The highest BCUT2D eigenvalue weighted by molar-refractivity contribution is 5.96. The van der Waals surface area contributed by atoms with Gasteiger partial charge in [-0.15, -0.1) is 0 Å². The normalized spacial score (nSPS) is 18.9. The number of carbonyl (C=O) groups excluding carboxylic acids is 1. The smallest absolute Gasteiger partial charge is 0.337 e. The molecule has 1 aromatic carbocycles. The molecule has 18 heavy (non-hydrogen) atoms. The number of benzene rings is 1. The maximum atomic E-state index is 11.2. The lowest BCUT2D eigenvalue weighted by Gasteiger charge is -2.20. The third kappa shape index (κ3) is 2.22. The van der Waals surface area contributed by atoms with Crippen LogP contribution < -0.4 is 16.4 Å². The van der Waals surface area contributed by atoms with Crippen LogP contribution in [0.5, 0.6) is 0 Å². The molecule has 0 saturated carbocycles. The van der Waals surface area contributed by atoms with Gasteiger partial charge in [-0.25, -0.2) is 4.79 Å². The number of nitrogen functional groups attached to an aromatic ring is 1. The molecule has 2 rings (SSSR count). The molecule has 0 aliphatic carbocycles. The van der Waals surface area contributed by atoms with Crippen molar-refractivity contribution in [3.8, 4) is 0 Å². The summed E-state index contributed by atoms with van der Waals surface area (Å²) in [6, 6.07) is 4.75. The quantitative estimate of drug-likeness (QED) is 0.666. The van der Waals surface area contributed by atoms with Crippen LogP contribution in [0.25, 0.3) is 0 Å². The molecule has 1 aromatic rings. The maximum absolute atomic E-state index is 11.2. The fraction of sp³-hybridized carbons (Fsp3) is 0.333. The number of nitrogens with two attached hydrogens (primary N) is 2. The highest BCUT2D eigenvalue weighted by Crippen LogP contribution is 2.28. The summed E-state index contributed by atoms with van der Waals surface area (Å²) in [5.74, 6) is -1.59. The zero-order valence-electron chi connectivity index (χ0n) is 9.80. The molecule has 1 heterocycles. The number of carboxylic acid groups (broad SMARTS) is 1. The molecule has 0 spiro atoms. The van der Waals surface area contributed by atoms with E-state index in [1.807, 2.05) is 4.90 Å². The van der Waals surface area contributed by atoms with Crippen LogP contribution in [0.4, 0.5) is 11.4 Å². The Morgan fingerprint density at radius 1 is 1.39 bits per heavy atom. The van der Waals surface area contributed by atoms with Crippen molar-refractivity contribution in [2.24, 2.45) is 11.7 Å². The minimum atomic E-state index is -1.03. The van der Waals surface area contributed by atoms with E-state index in [-0.39, 0.29) is 17.4 Å². The Labute approximate surface area is 104 Å². The molecule has 1 aliphatic rings. The van der Waals surface area contributed by atoms with Crippen LogP contribution in [0.2, 0.25) is 0 Å². The predicted octanol–water partition coefficient (Wildman–Crippen LogP) is 0.279. The van der Waals surface area contributed by atoms with Crippen LogP contribution >= 0.6 is 0 Å². The van der Waals surface area contributed by atoms with Crippen LogP contribution in [0.3, 0.4) is 0 Å². The lowest BCUT2D eigenvalue weighted by molar-refractivity contribution is -0.121. The molecule has 1 atom stereocenters. The highest BCUT2D eigenvalue weighted by atomic mass is 16.4. The van der Waals surface area contributed by atoms with Crippen LogP contribution in [0.1, 0.15) is 16.8 Å². The number of amides is 1. The van der Waals surface area contributed by atoms with Gasteiger partial charge in [-0.3, -0.25) is 4.79 Å². The van der Waals surface area contributed by atoms with Crippen molar-refractivity contribution in [1.82, 2.24) is 0 Å². The van der Waals surface area contributed by atoms with Gasteiger partial charge in [0.15, 0.2) is 0 Å². The molecule has 1 amide bonds. The summed E-state index contributed by atoms with van der Waals surface area (Å²) >= 11 is 0. The van der Waals surface area contributed by atoms with Crippen LogP contribution in [0, 0.1) is 5.92 Å². The number of nitrogens with zero attached hydrogens (tertiary/aromatic N) is 1. The molecule has 5 N–H and O–H groups in total. The zero-order valence-corrected chi connectivity index (χ0v) is 9.80. The third-order valence-electron chi connectivity index (χ3n) is 3.18. The third-order valence-corrected chi connectivity index (χ3v) is 3.18. The molecule has 1 aliphatic heterocycles. The fourth-order valence-electron chi connectivity index (χ4n) is 2.21. The molecular weight excluding hydrogens is 234 g/mol. The van der Waals surface area contributed by atoms with E-state index in [1.54, 1.807) is 12.1 Å². The van der Waals surface area contributed by atoms with Gasteiger partial charge in [-0.2, -0.15) is 0 Å². The monoisotopic (exact) mass is 249 g/mol. The van der Waals surface area contributed by atoms with Crippen LogP contribution in [-0.4, -0.2) is 30.1 Å². The Morgan fingerprint density at radius 2 is 2.11 bits per heavy atom. The van der Waals surface area contributed by atoms with E-state index in [0.717, 1.165) is 0 Å². The molecule has 96 valence electrons. The second-order valence-electron chi connectivity index (χ2n) is 4.42. The first-order valence-corrected chi connectivity index (χ1v) is 5.66. The first-order valence-electron chi connectivity index (χ1n) is 5.66. The van der Waals surface area contributed by atoms with E-state index < -0.39 is 5.97 Å². The van der Waals surface area contributed by atoms with Crippen molar-refractivity contribution >= 4 is 23.3 Å². The van der Waals surface area contributed by atoms with Gasteiger partial charge >= 0.3 is 5.97 Å². The van der Waals surface area contributed by atoms with Gasteiger partial charge in [0.25, 0.3) is 0 Å². The van der Waals surface area contributed by atoms with Gasteiger partial charge in [-0.05, 0) is 24.6 Å². The molecule has 1 unspecified atom stereocenters. The average Bonchev–Trinajstić information content (AvgIpc) is 2.78. The lowest BCUT2D eigenvalue weighted by Crippen LogP contribution is -2.28. The van der Waals surface area contributed by atoms with E-state index in [4.69, 9.17) is 16.6 Å². The van der Waals surface area contributed by atoms with Crippen molar-refractivity contribution in [1.29, 1.82) is 0 Å². The minimum Gasteiger partial charge on any atom is -0.478 e. The molecule has 1 fully saturated rings. The van der Waals surface area contributed by atoms with E-state index in [2.05, 4.69) is 0 Å². The van der Waals surface area contributed by atoms with E-state index in [1.165, 1.54) is 6.07 Å². The number of aromatic carboxylic acids is 1. The van der Waals surface area contributed by atoms with Crippen LogP contribution in [0.15, 0.2) is 18.2 Å². The van der Waals surface area contributed by atoms with Gasteiger partial charge in [0.05, 0.1) is 17.2 Å². The van der Waals surface area contributed by atoms with Crippen molar-refractivity contribution < 1.29 is 14.7 Å². The summed E-state index contributed by atoms with van der Waals surface area (Å²) in [7, 11) is 0. The first-order chi connectivity index (χ1) is 8.49. The number of carboxylic acids is 1. The van der Waals surface area contributed by atoms with Crippen molar-refractivity contribution in [2.75, 3.05) is 23.7 Å². The first kappa shape index (κ1) is 12.2. The number of hydrogen-bond donors (Lipinski definition) is 3. The summed E-state index contributed by atoms with van der Waals surface area (Å²) in [6.45, 7) is 1.08. The van der Waals surface area contributed by atoms with Gasteiger partial charge in [0, 0.05) is 18.8 Å². The Kier molecular flexibility index (Phi) is 3.10. The topological polar surface area (TPSA) is 110 Å². The second kappa shape index (κ2) is 4.56. The Hall–Kier alpha value is -2.24. The van der Waals surface area contributed by atoms with Crippen molar-refractivity contribution in [2.45, 2.75) is 6.42 Å². The minimum absolute atomic E-state index is 0.153. The molecule has 6 nitrogen and oxygen atoms in total. The number of primary amides is 1. The number of rotatable bonds is 3. The molecule has 0 aromatic heterocycles. The molecule has 1 saturated heterocycles. The largest absolute Gasteiger partial charge is 0.478 e. The van der Waals surface area contributed by atoms with Crippen LogP contribution in [-0.2, 0) is 4.79 Å². The van der Waals surface area contributed by atoms with Gasteiger partial charge < -0.3 is 21.5 Å². The number of hydrogen-bond acceptors (Lipinski definition) is 4. The fourth-order valence-corrected chi connectivity index (χ4v) is 2.21. The van der Waals surface area contributed by atoms with Gasteiger partial charge in [-0.1, -0.05) is 0 Å². The summed E-state index contributed by atoms with van der Waals surface area (Å²) in [5.41, 5.74) is 12.0. The zero-order chi connectivity index (χ0) is 13.3. The predicted molar refractivity (Wildman–Crippen MR) is 67.3 cm³/mol. The van der Waals surface area contributed by atoms with Gasteiger partial charge in [0.1, 0.15) is 0 Å². The number of anilines is 2. The summed E-state index contributed by atoms with van der Waals surface area (Å²) in [5, 5.41) is 9.15.